The Kier molecular flexibility index (Phi) is 4.21. The Bertz CT molecular complexity index is 667. The SMILES string of the molecule is COc1ccc(NS(=O)(=O)c2ccc(CN)cn2)cc1. The molecule has 6 nitrogen and oxygen atoms in total. The van der Waals surface area contributed by atoms with Gasteiger partial charge in [0.05, 0.1) is 7.11 Å². The maximum absolute atomic E-state index is 12.1. The van der Waals surface area contributed by atoms with Crippen molar-refractivity contribution < 1.29 is 13.2 Å². The fraction of sp³-hybridized carbons (Fsp3) is 0.154. The molecule has 0 radical (unpaired) electrons. The smallest absolute Gasteiger partial charge is 0.279 e. The Morgan fingerprint density at radius 2 is 1.90 bits per heavy atom. The third-order valence-electron chi connectivity index (χ3n) is 2.65. The molecule has 3 N–H and O–H groups in total. The maximum atomic E-state index is 12.1. The van der Waals surface area contributed by atoms with Crippen LogP contribution in [-0.2, 0) is 16.6 Å². The summed E-state index contributed by atoms with van der Waals surface area (Å²) in [6.45, 7) is 0.319. The number of nitrogens with one attached hydrogen (secondary N) is 1. The van der Waals surface area contributed by atoms with E-state index in [-0.39, 0.29) is 5.03 Å². The summed E-state index contributed by atoms with van der Waals surface area (Å²) in [5.74, 6) is 0.651. The number of aromatic nitrogens is 1. The van der Waals surface area contributed by atoms with E-state index in [0.717, 1.165) is 5.56 Å². The predicted octanol–water partition coefficient (Wildman–Crippen LogP) is 1.35. The van der Waals surface area contributed by atoms with Gasteiger partial charge in [0.15, 0.2) is 5.03 Å². The summed E-state index contributed by atoms with van der Waals surface area (Å²) in [4.78, 5) is 3.90. The van der Waals surface area contributed by atoms with Crippen LogP contribution in [0.2, 0.25) is 0 Å². The van der Waals surface area contributed by atoms with E-state index in [4.69, 9.17) is 10.5 Å². The zero-order valence-electron chi connectivity index (χ0n) is 10.9. The summed E-state index contributed by atoms with van der Waals surface area (Å²) in [5.41, 5.74) is 6.65. The van der Waals surface area contributed by atoms with Crippen molar-refractivity contribution in [1.29, 1.82) is 0 Å². The Morgan fingerprint density at radius 1 is 1.20 bits per heavy atom. The highest BCUT2D eigenvalue weighted by Gasteiger charge is 2.15. The van der Waals surface area contributed by atoms with Gasteiger partial charge in [0.1, 0.15) is 5.75 Å². The van der Waals surface area contributed by atoms with Crippen LogP contribution in [0.4, 0.5) is 5.69 Å². The van der Waals surface area contributed by atoms with Gasteiger partial charge >= 0.3 is 0 Å². The number of anilines is 1. The fourth-order valence-electron chi connectivity index (χ4n) is 1.56. The van der Waals surface area contributed by atoms with Crippen molar-refractivity contribution in [3.05, 3.63) is 48.2 Å². The number of hydrogen-bond donors (Lipinski definition) is 2. The molecular formula is C13H15N3O3S. The van der Waals surface area contributed by atoms with Gasteiger partial charge in [-0.05, 0) is 35.9 Å². The minimum absolute atomic E-state index is 0.0504. The number of ether oxygens (including phenoxy) is 1. The van der Waals surface area contributed by atoms with Crippen LogP contribution < -0.4 is 15.2 Å². The van der Waals surface area contributed by atoms with Gasteiger partial charge in [0.2, 0.25) is 0 Å². The molecule has 0 fully saturated rings. The average Bonchev–Trinajstić information content (AvgIpc) is 2.48. The van der Waals surface area contributed by atoms with Crippen molar-refractivity contribution >= 4 is 15.7 Å². The summed E-state index contributed by atoms with van der Waals surface area (Å²) in [5, 5.41) is -0.0504. The van der Waals surface area contributed by atoms with Gasteiger partial charge in [-0.1, -0.05) is 6.07 Å². The van der Waals surface area contributed by atoms with Gasteiger partial charge in [-0.2, -0.15) is 8.42 Å². The van der Waals surface area contributed by atoms with Gasteiger partial charge in [0, 0.05) is 18.4 Å². The number of methoxy groups -OCH3 is 1. The Hall–Kier alpha value is -2.12. The molecule has 1 aromatic carbocycles. The van der Waals surface area contributed by atoms with E-state index in [0.29, 0.717) is 18.0 Å². The van der Waals surface area contributed by atoms with Crippen molar-refractivity contribution in [1.82, 2.24) is 4.98 Å². The van der Waals surface area contributed by atoms with Crippen molar-refractivity contribution in [3.8, 4) is 5.75 Å². The third kappa shape index (κ3) is 3.25. The number of benzene rings is 1. The van der Waals surface area contributed by atoms with E-state index >= 15 is 0 Å². The number of nitrogens with zero attached hydrogens (tertiary/aromatic N) is 1. The molecule has 106 valence electrons. The molecule has 1 aromatic heterocycles. The van der Waals surface area contributed by atoms with Crippen LogP contribution in [0, 0.1) is 0 Å². The summed E-state index contributed by atoms with van der Waals surface area (Å²) in [6, 6.07) is 9.63. The molecule has 0 saturated heterocycles. The van der Waals surface area contributed by atoms with Gasteiger partial charge in [-0.15, -0.1) is 0 Å². The van der Waals surface area contributed by atoms with E-state index < -0.39 is 10.0 Å². The lowest BCUT2D eigenvalue weighted by atomic mass is 10.3. The molecule has 0 aliphatic carbocycles. The minimum Gasteiger partial charge on any atom is -0.497 e. The van der Waals surface area contributed by atoms with Crippen molar-refractivity contribution in [3.63, 3.8) is 0 Å². The Labute approximate surface area is 117 Å². The number of pyridine rings is 1. The van der Waals surface area contributed by atoms with Crippen LogP contribution in [0.3, 0.4) is 0 Å². The molecule has 0 aliphatic heterocycles. The summed E-state index contributed by atoms with van der Waals surface area (Å²) in [6.07, 6.45) is 1.45. The summed E-state index contributed by atoms with van der Waals surface area (Å²) in [7, 11) is -2.16. The van der Waals surface area contributed by atoms with Gasteiger partial charge in [0.25, 0.3) is 10.0 Å². The average molecular weight is 293 g/mol. The standard InChI is InChI=1S/C13H15N3O3S/c1-19-12-5-3-11(4-6-12)16-20(17,18)13-7-2-10(8-14)9-15-13/h2-7,9,16H,8,14H2,1H3. The molecule has 2 rings (SSSR count). The highest BCUT2D eigenvalue weighted by molar-refractivity contribution is 7.92. The topological polar surface area (TPSA) is 94.3 Å². The second-order valence-corrected chi connectivity index (χ2v) is 5.67. The molecule has 0 spiro atoms. The summed E-state index contributed by atoms with van der Waals surface area (Å²) >= 11 is 0. The first-order valence-electron chi connectivity index (χ1n) is 5.87. The van der Waals surface area contributed by atoms with E-state index in [1.807, 2.05) is 0 Å². The Morgan fingerprint density at radius 3 is 2.40 bits per heavy atom. The number of rotatable bonds is 5. The van der Waals surface area contributed by atoms with Crippen LogP contribution in [0.1, 0.15) is 5.56 Å². The lowest BCUT2D eigenvalue weighted by molar-refractivity contribution is 0.415. The minimum atomic E-state index is -3.70. The van der Waals surface area contributed by atoms with Gasteiger partial charge in [-0.3, -0.25) is 4.72 Å². The van der Waals surface area contributed by atoms with Gasteiger partial charge in [-0.25, -0.2) is 4.98 Å². The molecule has 2 aromatic rings. The first-order valence-corrected chi connectivity index (χ1v) is 7.35. The monoisotopic (exact) mass is 293 g/mol. The third-order valence-corrected chi connectivity index (χ3v) is 3.95. The lowest BCUT2D eigenvalue weighted by Gasteiger charge is -2.08. The first-order chi connectivity index (χ1) is 9.55. The lowest BCUT2D eigenvalue weighted by Crippen LogP contribution is -2.14. The number of sulfonamides is 1. The first kappa shape index (κ1) is 14.3. The van der Waals surface area contributed by atoms with E-state index in [2.05, 4.69) is 9.71 Å². The highest BCUT2D eigenvalue weighted by atomic mass is 32.2. The van der Waals surface area contributed by atoms with Gasteiger partial charge < -0.3 is 10.5 Å². The molecule has 0 atom stereocenters. The van der Waals surface area contributed by atoms with E-state index in [9.17, 15) is 8.42 Å². The molecule has 0 bridgehead atoms. The fourth-order valence-corrected chi connectivity index (χ4v) is 2.55. The predicted molar refractivity (Wildman–Crippen MR) is 75.9 cm³/mol. The van der Waals surface area contributed by atoms with E-state index in [1.54, 1.807) is 37.4 Å². The second kappa shape index (κ2) is 5.89. The maximum Gasteiger partial charge on any atom is 0.279 e. The molecule has 0 amide bonds. The molecule has 0 unspecified atom stereocenters. The van der Waals surface area contributed by atoms with Crippen LogP contribution >= 0.6 is 0 Å². The van der Waals surface area contributed by atoms with Crippen LogP contribution in [0.25, 0.3) is 0 Å². The number of nitrogens with two attached hydrogens (primary N) is 1. The Balaban J connectivity index is 2.20. The van der Waals surface area contributed by atoms with Crippen molar-refractivity contribution in [2.24, 2.45) is 5.73 Å². The van der Waals surface area contributed by atoms with Crippen LogP contribution in [-0.4, -0.2) is 20.5 Å². The molecule has 1 heterocycles. The molecule has 0 aliphatic rings. The quantitative estimate of drug-likeness (QED) is 0.867. The highest BCUT2D eigenvalue weighted by Crippen LogP contribution is 2.18. The zero-order chi connectivity index (χ0) is 14.6. The number of hydrogen-bond acceptors (Lipinski definition) is 5. The van der Waals surface area contributed by atoms with E-state index in [1.165, 1.54) is 12.3 Å². The van der Waals surface area contributed by atoms with Crippen LogP contribution in [0.15, 0.2) is 47.6 Å². The molecule has 20 heavy (non-hydrogen) atoms. The molecule has 7 heteroatoms. The van der Waals surface area contributed by atoms with Crippen molar-refractivity contribution in [2.75, 3.05) is 11.8 Å². The zero-order valence-corrected chi connectivity index (χ0v) is 11.7. The largest absolute Gasteiger partial charge is 0.497 e. The molecule has 0 saturated carbocycles. The molecular weight excluding hydrogens is 278 g/mol. The normalized spacial score (nSPS) is 11.1. The van der Waals surface area contributed by atoms with Crippen molar-refractivity contribution in [2.45, 2.75) is 11.6 Å². The second-order valence-electron chi connectivity index (χ2n) is 4.04. The summed E-state index contributed by atoms with van der Waals surface area (Å²) < 4.78 is 31.7. The van der Waals surface area contributed by atoms with Crippen LogP contribution in [0.5, 0.6) is 5.75 Å².